The summed E-state index contributed by atoms with van der Waals surface area (Å²) in [7, 11) is 0. The number of hydrogen-bond donors (Lipinski definition) is 2. The quantitative estimate of drug-likeness (QED) is 0.855. The third-order valence-electron chi connectivity index (χ3n) is 2.70. The fourth-order valence-electron chi connectivity index (χ4n) is 1.68. The summed E-state index contributed by atoms with van der Waals surface area (Å²) in [5.74, 6) is 2.01. The highest BCUT2D eigenvalue weighted by Crippen LogP contribution is 2.16. The number of aryl methyl sites for hydroxylation is 1. The van der Waals surface area contributed by atoms with Crippen LogP contribution in [0.15, 0.2) is 24.4 Å². The van der Waals surface area contributed by atoms with Gasteiger partial charge in [0.15, 0.2) is 0 Å². The average molecular weight is 243 g/mol. The van der Waals surface area contributed by atoms with Gasteiger partial charge in [-0.25, -0.2) is 9.97 Å². The highest BCUT2D eigenvalue weighted by molar-refractivity contribution is 5.54. The Morgan fingerprint density at radius 2 is 2.06 bits per heavy atom. The molecule has 0 aliphatic carbocycles. The molecular weight excluding hydrogens is 226 g/mol. The van der Waals surface area contributed by atoms with Crippen molar-refractivity contribution in [1.29, 1.82) is 0 Å². The first-order valence-corrected chi connectivity index (χ1v) is 5.91. The molecule has 3 N–H and O–H groups in total. The van der Waals surface area contributed by atoms with Gasteiger partial charge in [0.25, 0.3) is 0 Å². The van der Waals surface area contributed by atoms with E-state index in [0.29, 0.717) is 11.6 Å². The minimum absolute atomic E-state index is 0.530. The lowest BCUT2D eigenvalue weighted by Crippen LogP contribution is -2.11. The molecule has 0 radical (unpaired) electrons. The molecule has 2 heterocycles. The van der Waals surface area contributed by atoms with E-state index < -0.39 is 0 Å². The number of pyridine rings is 1. The van der Waals surface area contributed by atoms with E-state index in [1.807, 2.05) is 32.0 Å². The normalized spacial score (nSPS) is 10.3. The van der Waals surface area contributed by atoms with E-state index in [1.165, 1.54) is 0 Å². The van der Waals surface area contributed by atoms with Crippen molar-refractivity contribution in [3.05, 3.63) is 41.5 Å². The van der Waals surface area contributed by atoms with Gasteiger partial charge in [-0.3, -0.25) is 4.98 Å². The fraction of sp³-hybridized carbons (Fsp3) is 0.308. The van der Waals surface area contributed by atoms with Crippen molar-refractivity contribution >= 4 is 11.6 Å². The number of nitrogen functional groups attached to an aromatic ring is 1. The zero-order valence-corrected chi connectivity index (χ0v) is 10.6. The Labute approximate surface area is 106 Å². The molecule has 0 saturated heterocycles. The Balaban J connectivity index is 1.99. The summed E-state index contributed by atoms with van der Waals surface area (Å²) in [6.07, 6.45) is 2.65. The Hall–Kier alpha value is -2.17. The lowest BCUT2D eigenvalue weighted by Gasteiger charge is -2.10. The summed E-state index contributed by atoms with van der Waals surface area (Å²) in [5, 5.41) is 3.27. The van der Waals surface area contributed by atoms with Crippen LogP contribution >= 0.6 is 0 Å². The second-order valence-electron chi connectivity index (χ2n) is 4.13. The minimum atomic E-state index is 0.530. The molecule has 0 amide bonds. The Morgan fingerprint density at radius 1 is 1.22 bits per heavy atom. The number of rotatable bonds is 4. The standard InChI is InChI=1S/C13H17N5/c1-9-12(14)17-10(2)18-13(9)16-8-6-11-5-3-4-7-15-11/h3-5,7H,6,8H2,1-2H3,(H3,14,16,17,18). The molecule has 5 nitrogen and oxygen atoms in total. The molecule has 2 aromatic heterocycles. The van der Waals surface area contributed by atoms with Gasteiger partial charge < -0.3 is 11.1 Å². The van der Waals surface area contributed by atoms with Gasteiger partial charge in [-0.05, 0) is 26.0 Å². The molecule has 0 atom stereocenters. The maximum absolute atomic E-state index is 5.80. The second-order valence-corrected chi connectivity index (χ2v) is 4.13. The van der Waals surface area contributed by atoms with Crippen LogP contribution in [-0.4, -0.2) is 21.5 Å². The third-order valence-corrected chi connectivity index (χ3v) is 2.70. The van der Waals surface area contributed by atoms with E-state index in [2.05, 4.69) is 20.3 Å². The average Bonchev–Trinajstić information content (AvgIpc) is 2.36. The SMILES string of the molecule is Cc1nc(N)c(C)c(NCCc2ccccn2)n1. The number of aromatic nitrogens is 3. The highest BCUT2D eigenvalue weighted by atomic mass is 15.1. The van der Waals surface area contributed by atoms with Crippen molar-refractivity contribution in [2.24, 2.45) is 0 Å². The van der Waals surface area contributed by atoms with Gasteiger partial charge in [0.1, 0.15) is 17.5 Å². The van der Waals surface area contributed by atoms with Gasteiger partial charge in [-0.15, -0.1) is 0 Å². The van der Waals surface area contributed by atoms with Gasteiger partial charge in [-0.2, -0.15) is 0 Å². The van der Waals surface area contributed by atoms with Gasteiger partial charge in [0, 0.05) is 30.4 Å². The first-order chi connectivity index (χ1) is 8.66. The first-order valence-electron chi connectivity index (χ1n) is 5.91. The Morgan fingerprint density at radius 3 is 2.78 bits per heavy atom. The molecule has 0 aromatic carbocycles. The second kappa shape index (κ2) is 5.44. The van der Waals surface area contributed by atoms with Gasteiger partial charge >= 0.3 is 0 Å². The van der Waals surface area contributed by atoms with E-state index in [0.717, 1.165) is 30.0 Å². The van der Waals surface area contributed by atoms with Crippen LogP contribution in [0.25, 0.3) is 0 Å². The predicted octanol–water partition coefficient (Wildman–Crippen LogP) is 1.73. The number of hydrogen-bond acceptors (Lipinski definition) is 5. The topological polar surface area (TPSA) is 76.7 Å². The maximum atomic E-state index is 5.80. The van der Waals surface area contributed by atoms with E-state index >= 15 is 0 Å². The zero-order chi connectivity index (χ0) is 13.0. The van der Waals surface area contributed by atoms with Crippen molar-refractivity contribution in [3.63, 3.8) is 0 Å². The lowest BCUT2D eigenvalue weighted by atomic mass is 10.2. The van der Waals surface area contributed by atoms with E-state index in [9.17, 15) is 0 Å². The molecule has 0 saturated carbocycles. The molecule has 2 rings (SSSR count). The van der Waals surface area contributed by atoms with Crippen molar-refractivity contribution in [2.75, 3.05) is 17.6 Å². The summed E-state index contributed by atoms with van der Waals surface area (Å²) in [6.45, 7) is 4.52. The van der Waals surface area contributed by atoms with Crippen molar-refractivity contribution < 1.29 is 0 Å². The van der Waals surface area contributed by atoms with Gasteiger partial charge in [0.2, 0.25) is 0 Å². The largest absolute Gasteiger partial charge is 0.383 e. The smallest absolute Gasteiger partial charge is 0.134 e. The van der Waals surface area contributed by atoms with Crippen LogP contribution in [0.2, 0.25) is 0 Å². The summed E-state index contributed by atoms with van der Waals surface area (Å²) >= 11 is 0. The number of anilines is 2. The number of nitrogens with zero attached hydrogens (tertiary/aromatic N) is 3. The molecule has 5 heteroatoms. The molecule has 0 spiro atoms. The number of nitrogens with one attached hydrogen (secondary N) is 1. The molecule has 0 aliphatic rings. The highest BCUT2D eigenvalue weighted by Gasteiger charge is 2.05. The van der Waals surface area contributed by atoms with Gasteiger partial charge in [0.05, 0.1) is 0 Å². The van der Waals surface area contributed by atoms with Crippen LogP contribution in [0, 0.1) is 13.8 Å². The zero-order valence-electron chi connectivity index (χ0n) is 10.6. The van der Waals surface area contributed by atoms with Gasteiger partial charge in [-0.1, -0.05) is 6.07 Å². The van der Waals surface area contributed by atoms with Crippen LogP contribution in [0.3, 0.4) is 0 Å². The van der Waals surface area contributed by atoms with E-state index in [-0.39, 0.29) is 0 Å². The molecule has 0 bridgehead atoms. The molecule has 94 valence electrons. The lowest BCUT2D eigenvalue weighted by molar-refractivity contribution is 0.939. The summed E-state index contributed by atoms with van der Waals surface area (Å²) < 4.78 is 0. The fourth-order valence-corrected chi connectivity index (χ4v) is 1.68. The third kappa shape index (κ3) is 2.94. The van der Waals surface area contributed by atoms with Crippen LogP contribution in [0.4, 0.5) is 11.6 Å². The predicted molar refractivity (Wildman–Crippen MR) is 72.3 cm³/mol. The molecule has 0 aliphatic heterocycles. The van der Waals surface area contributed by atoms with Crippen molar-refractivity contribution in [1.82, 2.24) is 15.0 Å². The van der Waals surface area contributed by atoms with Crippen molar-refractivity contribution in [2.45, 2.75) is 20.3 Å². The summed E-state index contributed by atoms with van der Waals surface area (Å²) in [6, 6.07) is 5.91. The monoisotopic (exact) mass is 243 g/mol. The minimum Gasteiger partial charge on any atom is -0.383 e. The molecule has 2 aromatic rings. The van der Waals surface area contributed by atoms with Crippen LogP contribution in [0.1, 0.15) is 17.1 Å². The summed E-state index contributed by atoms with van der Waals surface area (Å²) in [5.41, 5.74) is 7.75. The van der Waals surface area contributed by atoms with E-state index in [4.69, 9.17) is 5.73 Å². The number of nitrogens with two attached hydrogens (primary N) is 1. The van der Waals surface area contributed by atoms with Crippen LogP contribution < -0.4 is 11.1 Å². The van der Waals surface area contributed by atoms with Crippen molar-refractivity contribution in [3.8, 4) is 0 Å². The summed E-state index contributed by atoms with van der Waals surface area (Å²) in [4.78, 5) is 12.7. The molecule has 18 heavy (non-hydrogen) atoms. The first kappa shape index (κ1) is 12.3. The van der Waals surface area contributed by atoms with Crippen LogP contribution in [-0.2, 0) is 6.42 Å². The Bertz CT molecular complexity index is 524. The maximum Gasteiger partial charge on any atom is 0.134 e. The molecular formula is C13H17N5. The van der Waals surface area contributed by atoms with Crippen LogP contribution in [0.5, 0.6) is 0 Å². The molecule has 0 fully saturated rings. The molecule has 0 unspecified atom stereocenters. The van der Waals surface area contributed by atoms with E-state index in [1.54, 1.807) is 6.20 Å². The Kier molecular flexibility index (Phi) is 3.72.